The number of amides is 2. The van der Waals surface area contributed by atoms with Gasteiger partial charge in [-0.1, -0.05) is 6.07 Å². The van der Waals surface area contributed by atoms with Gasteiger partial charge in [0.1, 0.15) is 6.04 Å². The van der Waals surface area contributed by atoms with E-state index in [-0.39, 0.29) is 18.4 Å². The van der Waals surface area contributed by atoms with Gasteiger partial charge in [-0.05, 0) is 47.5 Å². The molecule has 1 unspecified atom stereocenters. The zero-order chi connectivity index (χ0) is 12.6. The van der Waals surface area contributed by atoms with E-state index in [1.807, 2.05) is 25.1 Å². The first-order valence-electron chi connectivity index (χ1n) is 5.36. The highest BCUT2D eigenvalue weighted by Gasteiger charge is 2.32. The van der Waals surface area contributed by atoms with Crippen LogP contribution in [-0.4, -0.2) is 24.4 Å². The molecule has 0 bridgehead atoms. The van der Waals surface area contributed by atoms with Crippen molar-refractivity contribution in [2.75, 3.05) is 11.4 Å². The Hall–Kier alpha value is -1.36. The Kier molecular flexibility index (Phi) is 3.19. The number of carbonyl (C=O) groups excluding carboxylic acids is 2. The van der Waals surface area contributed by atoms with Crippen molar-refractivity contribution < 1.29 is 9.59 Å². The molecule has 1 aromatic carbocycles. The Labute approximate surface area is 108 Å². The summed E-state index contributed by atoms with van der Waals surface area (Å²) in [6.45, 7) is 3.74. The fraction of sp³-hybridized carbons (Fsp3) is 0.333. The van der Waals surface area contributed by atoms with E-state index in [9.17, 15) is 9.59 Å². The molecule has 0 aliphatic carbocycles. The third kappa shape index (κ3) is 2.20. The molecule has 1 heterocycles. The molecule has 1 N–H and O–H groups in total. The van der Waals surface area contributed by atoms with Crippen LogP contribution in [0, 0.1) is 6.92 Å². The molecule has 1 aliphatic rings. The number of nitrogens with zero attached hydrogens (tertiary/aromatic N) is 1. The first kappa shape index (κ1) is 12.1. The quantitative estimate of drug-likeness (QED) is 0.856. The molecule has 1 saturated heterocycles. The maximum absolute atomic E-state index is 11.9. The van der Waals surface area contributed by atoms with Gasteiger partial charge in [0.15, 0.2) is 0 Å². The van der Waals surface area contributed by atoms with Crippen molar-refractivity contribution in [1.82, 2.24) is 5.32 Å². The number of aryl methyl sites for hydroxylation is 1. The minimum absolute atomic E-state index is 0.0591. The number of carbonyl (C=O) groups is 2. The van der Waals surface area contributed by atoms with E-state index in [1.54, 1.807) is 6.92 Å². The molecular weight excluding hydrogens is 284 g/mol. The number of anilines is 1. The van der Waals surface area contributed by atoms with Crippen LogP contribution in [0.3, 0.4) is 0 Å². The predicted octanol–water partition coefficient (Wildman–Crippen LogP) is 1.61. The summed E-state index contributed by atoms with van der Waals surface area (Å²) in [5, 5.41) is 2.57. The molecule has 0 radical (unpaired) electrons. The Morgan fingerprint density at radius 1 is 1.41 bits per heavy atom. The van der Waals surface area contributed by atoms with E-state index in [0.717, 1.165) is 15.7 Å². The number of halogens is 1. The van der Waals surface area contributed by atoms with Crippen molar-refractivity contribution in [3.05, 3.63) is 28.2 Å². The van der Waals surface area contributed by atoms with Crippen LogP contribution in [-0.2, 0) is 9.59 Å². The lowest BCUT2D eigenvalue weighted by Gasteiger charge is -2.33. The van der Waals surface area contributed by atoms with Crippen molar-refractivity contribution in [2.24, 2.45) is 0 Å². The van der Waals surface area contributed by atoms with Crippen LogP contribution in [0.25, 0.3) is 0 Å². The number of nitrogens with one attached hydrogen (secondary N) is 1. The third-order valence-electron chi connectivity index (χ3n) is 2.81. The van der Waals surface area contributed by atoms with Gasteiger partial charge in [-0.25, -0.2) is 0 Å². The number of piperazine rings is 1. The summed E-state index contributed by atoms with van der Waals surface area (Å²) in [6.07, 6.45) is 0. The van der Waals surface area contributed by atoms with Crippen LogP contribution in [0.4, 0.5) is 5.69 Å². The topological polar surface area (TPSA) is 49.4 Å². The van der Waals surface area contributed by atoms with Gasteiger partial charge >= 0.3 is 0 Å². The van der Waals surface area contributed by atoms with Gasteiger partial charge < -0.3 is 5.32 Å². The molecule has 1 aromatic rings. The second-order valence-corrected chi connectivity index (χ2v) is 4.97. The van der Waals surface area contributed by atoms with Gasteiger partial charge in [-0.3, -0.25) is 14.5 Å². The Morgan fingerprint density at radius 2 is 2.12 bits per heavy atom. The maximum Gasteiger partial charge on any atom is 0.247 e. The molecule has 90 valence electrons. The SMILES string of the molecule is Cc1ccc(Br)c(N2C(=O)CNC(=O)C2C)c1. The average Bonchev–Trinajstić information content (AvgIpc) is 2.29. The summed E-state index contributed by atoms with van der Waals surface area (Å²) in [5.41, 5.74) is 1.80. The largest absolute Gasteiger partial charge is 0.345 e. The summed E-state index contributed by atoms with van der Waals surface area (Å²) in [5.74, 6) is -0.221. The van der Waals surface area contributed by atoms with Crippen molar-refractivity contribution in [1.29, 1.82) is 0 Å². The first-order valence-corrected chi connectivity index (χ1v) is 6.16. The minimum atomic E-state index is -0.477. The normalized spacial score (nSPS) is 20.4. The summed E-state index contributed by atoms with van der Waals surface area (Å²) in [7, 11) is 0. The van der Waals surface area contributed by atoms with Crippen LogP contribution < -0.4 is 10.2 Å². The molecule has 5 heteroatoms. The first-order chi connectivity index (χ1) is 8.00. The number of hydrogen-bond acceptors (Lipinski definition) is 2. The highest BCUT2D eigenvalue weighted by molar-refractivity contribution is 9.10. The minimum Gasteiger partial charge on any atom is -0.345 e. The molecule has 2 amide bonds. The standard InChI is InChI=1S/C12H13BrN2O2/c1-7-3-4-9(13)10(5-7)15-8(2)12(17)14-6-11(15)16/h3-5,8H,6H2,1-2H3,(H,14,17). The van der Waals surface area contributed by atoms with Gasteiger partial charge in [0.25, 0.3) is 0 Å². The second kappa shape index (κ2) is 4.49. The molecule has 1 atom stereocenters. The zero-order valence-electron chi connectivity index (χ0n) is 9.66. The molecule has 1 aliphatic heterocycles. The van der Waals surface area contributed by atoms with Gasteiger partial charge in [-0.2, -0.15) is 0 Å². The summed E-state index contributed by atoms with van der Waals surface area (Å²) < 4.78 is 0.818. The lowest BCUT2D eigenvalue weighted by Crippen LogP contribution is -2.57. The fourth-order valence-electron chi connectivity index (χ4n) is 1.88. The van der Waals surface area contributed by atoms with Gasteiger partial charge in [-0.15, -0.1) is 0 Å². The molecule has 1 fully saturated rings. The average molecular weight is 297 g/mol. The van der Waals surface area contributed by atoms with Crippen molar-refractivity contribution in [2.45, 2.75) is 19.9 Å². The number of rotatable bonds is 1. The van der Waals surface area contributed by atoms with Gasteiger partial charge in [0, 0.05) is 4.47 Å². The molecule has 17 heavy (non-hydrogen) atoms. The monoisotopic (exact) mass is 296 g/mol. The van der Waals surface area contributed by atoms with E-state index in [1.165, 1.54) is 4.90 Å². The summed E-state index contributed by atoms with van der Waals surface area (Å²) >= 11 is 3.42. The van der Waals surface area contributed by atoms with Crippen LogP contribution in [0.2, 0.25) is 0 Å². The van der Waals surface area contributed by atoms with E-state index in [0.29, 0.717) is 0 Å². The highest BCUT2D eigenvalue weighted by atomic mass is 79.9. The molecule has 4 nitrogen and oxygen atoms in total. The van der Waals surface area contributed by atoms with Crippen LogP contribution >= 0.6 is 15.9 Å². The fourth-order valence-corrected chi connectivity index (χ4v) is 2.32. The third-order valence-corrected chi connectivity index (χ3v) is 3.48. The summed E-state index contributed by atoms with van der Waals surface area (Å²) in [4.78, 5) is 25.0. The van der Waals surface area contributed by atoms with Crippen LogP contribution in [0.5, 0.6) is 0 Å². The van der Waals surface area contributed by atoms with E-state index in [4.69, 9.17) is 0 Å². The Balaban J connectivity index is 2.46. The van der Waals surface area contributed by atoms with Crippen molar-refractivity contribution in [3.63, 3.8) is 0 Å². The molecule has 2 rings (SSSR count). The highest BCUT2D eigenvalue weighted by Crippen LogP contribution is 2.29. The molecular formula is C12H13BrN2O2. The Morgan fingerprint density at radius 3 is 2.82 bits per heavy atom. The van der Waals surface area contributed by atoms with Crippen molar-refractivity contribution >= 4 is 33.4 Å². The van der Waals surface area contributed by atoms with Gasteiger partial charge in [0.2, 0.25) is 11.8 Å². The smallest absolute Gasteiger partial charge is 0.247 e. The number of hydrogen-bond donors (Lipinski definition) is 1. The predicted molar refractivity (Wildman–Crippen MR) is 68.8 cm³/mol. The molecule has 0 spiro atoms. The Bertz CT molecular complexity index is 487. The lowest BCUT2D eigenvalue weighted by atomic mass is 10.1. The summed E-state index contributed by atoms with van der Waals surface area (Å²) in [6, 6.07) is 5.26. The van der Waals surface area contributed by atoms with E-state index < -0.39 is 6.04 Å². The molecule has 0 saturated carbocycles. The maximum atomic E-state index is 11.9. The van der Waals surface area contributed by atoms with Gasteiger partial charge in [0.05, 0.1) is 12.2 Å². The van der Waals surface area contributed by atoms with E-state index in [2.05, 4.69) is 21.2 Å². The van der Waals surface area contributed by atoms with E-state index >= 15 is 0 Å². The zero-order valence-corrected chi connectivity index (χ0v) is 11.2. The van der Waals surface area contributed by atoms with Crippen molar-refractivity contribution in [3.8, 4) is 0 Å². The van der Waals surface area contributed by atoms with Crippen LogP contribution in [0.15, 0.2) is 22.7 Å². The van der Waals surface area contributed by atoms with Crippen LogP contribution in [0.1, 0.15) is 12.5 Å². The molecule has 0 aromatic heterocycles. The lowest BCUT2D eigenvalue weighted by molar-refractivity contribution is -0.130. The second-order valence-electron chi connectivity index (χ2n) is 4.11. The number of benzene rings is 1.